The highest BCUT2D eigenvalue weighted by Crippen LogP contribution is 2.12. The Bertz CT molecular complexity index is 324. The van der Waals surface area contributed by atoms with Crippen LogP contribution in [-0.2, 0) is 0 Å². The zero-order valence-electron chi connectivity index (χ0n) is 9.25. The fourth-order valence-electron chi connectivity index (χ4n) is 1.38. The summed E-state index contributed by atoms with van der Waals surface area (Å²) >= 11 is 0. The lowest BCUT2D eigenvalue weighted by Gasteiger charge is -1.99. The number of benzene rings is 1. The van der Waals surface area contributed by atoms with Gasteiger partial charge >= 0.3 is 0 Å². The molecule has 0 heterocycles. The Labute approximate surface area is 87.0 Å². The van der Waals surface area contributed by atoms with Crippen molar-refractivity contribution in [2.24, 2.45) is 0 Å². The van der Waals surface area contributed by atoms with E-state index in [-0.39, 0.29) is 0 Å². The summed E-state index contributed by atoms with van der Waals surface area (Å²) in [6, 6.07) is 10.5. The third-order valence-electron chi connectivity index (χ3n) is 2.03. The van der Waals surface area contributed by atoms with Crippen LogP contribution in [0.3, 0.4) is 0 Å². The minimum atomic E-state index is 1.08. The largest absolute Gasteiger partial charge is 0.0762 e. The second-order valence-corrected chi connectivity index (χ2v) is 3.71. The molecule has 0 spiro atoms. The van der Waals surface area contributed by atoms with E-state index >= 15 is 0 Å². The minimum absolute atomic E-state index is 1.08. The Kier molecular flexibility index (Phi) is 4.18. The monoisotopic (exact) mass is 186 g/mol. The van der Waals surface area contributed by atoms with Gasteiger partial charge in [0.1, 0.15) is 0 Å². The summed E-state index contributed by atoms with van der Waals surface area (Å²) < 4.78 is 0. The van der Waals surface area contributed by atoms with Gasteiger partial charge in [0.15, 0.2) is 0 Å². The van der Waals surface area contributed by atoms with Crippen molar-refractivity contribution in [2.45, 2.75) is 27.2 Å². The molecular formula is C14H18. The lowest BCUT2D eigenvalue weighted by atomic mass is 10.1. The van der Waals surface area contributed by atoms with Gasteiger partial charge in [0, 0.05) is 0 Å². The van der Waals surface area contributed by atoms with Gasteiger partial charge in [0.05, 0.1) is 0 Å². The normalized spacial score (nSPS) is 11.2. The summed E-state index contributed by atoms with van der Waals surface area (Å²) in [6.45, 7) is 6.46. The lowest BCUT2D eigenvalue weighted by molar-refractivity contribution is 1.15. The molecule has 14 heavy (non-hydrogen) atoms. The van der Waals surface area contributed by atoms with E-state index in [0.717, 1.165) is 6.42 Å². The molecule has 0 amide bonds. The molecule has 0 saturated carbocycles. The quantitative estimate of drug-likeness (QED) is 0.612. The van der Waals surface area contributed by atoms with E-state index in [0.29, 0.717) is 0 Å². The highest BCUT2D eigenvalue weighted by atomic mass is 14.0. The zero-order valence-corrected chi connectivity index (χ0v) is 9.25. The van der Waals surface area contributed by atoms with E-state index in [1.165, 1.54) is 16.7 Å². The van der Waals surface area contributed by atoms with Crippen LogP contribution >= 0.6 is 0 Å². The first kappa shape index (κ1) is 10.8. The Balaban J connectivity index is 2.90. The highest BCUT2D eigenvalue weighted by Gasteiger charge is 1.90. The Hall–Kier alpha value is -1.30. The molecule has 0 aliphatic rings. The molecule has 0 unspecified atom stereocenters. The summed E-state index contributed by atoms with van der Waals surface area (Å²) in [5, 5.41) is 0. The van der Waals surface area contributed by atoms with Gasteiger partial charge in [-0.3, -0.25) is 0 Å². The average molecular weight is 186 g/mol. The zero-order chi connectivity index (χ0) is 10.4. The number of allylic oxidation sites excluding steroid dienone is 3. The second-order valence-electron chi connectivity index (χ2n) is 3.71. The molecule has 0 nitrogen and oxygen atoms in total. The topological polar surface area (TPSA) is 0 Å². The standard InChI is InChI=1S/C14H18/c1-4-13(10-12(2)3)11-14-8-6-5-7-9-14/h5-11H,4H2,1-3H3. The van der Waals surface area contributed by atoms with Gasteiger partial charge in [-0.15, -0.1) is 0 Å². The van der Waals surface area contributed by atoms with Crippen molar-refractivity contribution < 1.29 is 0 Å². The molecule has 74 valence electrons. The lowest BCUT2D eigenvalue weighted by Crippen LogP contribution is -1.78. The van der Waals surface area contributed by atoms with Crippen LogP contribution < -0.4 is 0 Å². The van der Waals surface area contributed by atoms with E-state index in [9.17, 15) is 0 Å². The predicted molar refractivity (Wildman–Crippen MR) is 64.1 cm³/mol. The molecule has 1 rings (SSSR count). The van der Waals surface area contributed by atoms with Crippen LogP contribution in [0, 0.1) is 0 Å². The number of hydrogen-bond donors (Lipinski definition) is 0. The van der Waals surface area contributed by atoms with Crippen molar-refractivity contribution in [3.05, 3.63) is 53.1 Å². The number of hydrogen-bond acceptors (Lipinski definition) is 0. The van der Waals surface area contributed by atoms with E-state index in [4.69, 9.17) is 0 Å². The van der Waals surface area contributed by atoms with Crippen molar-refractivity contribution >= 4 is 6.08 Å². The molecule has 1 aromatic rings. The molecule has 0 heteroatoms. The molecule has 0 bridgehead atoms. The molecule has 0 radical (unpaired) electrons. The maximum atomic E-state index is 2.24. The van der Waals surface area contributed by atoms with Crippen molar-refractivity contribution in [3.8, 4) is 0 Å². The maximum absolute atomic E-state index is 2.24. The van der Waals surface area contributed by atoms with Gasteiger partial charge in [0.2, 0.25) is 0 Å². The molecule has 0 fully saturated rings. The van der Waals surface area contributed by atoms with Gasteiger partial charge in [-0.2, -0.15) is 0 Å². The highest BCUT2D eigenvalue weighted by molar-refractivity contribution is 5.55. The van der Waals surface area contributed by atoms with Crippen LogP contribution in [-0.4, -0.2) is 0 Å². The summed E-state index contributed by atoms with van der Waals surface area (Å²) in [4.78, 5) is 0. The molecule has 0 saturated heterocycles. The van der Waals surface area contributed by atoms with Crippen LogP contribution in [0.25, 0.3) is 6.08 Å². The van der Waals surface area contributed by atoms with E-state index < -0.39 is 0 Å². The summed E-state index contributed by atoms with van der Waals surface area (Å²) in [6.07, 6.45) is 5.57. The fourth-order valence-corrected chi connectivity index (χ4v) is 1.38. The van der Waals surface area contributed by atoms with Gasteiger partial charge in [0.25, 0.3) is 0 Å². The van der Waals surface area contributed by atoms with Crippen LogP contribution in [0.5, 0.6) is 0 Å². The second kappa shape index (κ2) is 5.43. The fraction of sp³-hybridized carbons (Fsp3) is 0.286. The minimum Gasteiger partial charge on any atom is -0.0762 e. The van der Waals surface area contributed by atoms with Crippen molar-refractivity contribution in [3.63, 3.8) is 0 Å². The number of rotatable bonds is 3. The molecule has 0 aliphatic carbocycles. The van der Waals surface area contributed by atoms with Crippen LogP contribution in [0.4, 0.5) is 0 Å². The third kappa shape index (κ3) is 3.61. The smallest absolute Gasteiger partial charge is 0.0254 e. The molecule has 0 N–H and O–H groups in total. The van der Waals surface area contributed by atoms with Gasteiger partial charge in [-0.25, -0.2) is 0 Å². The predicted octanol–water partition coefficient (Wildman–Crippen LogP) is 4.45. The Morgan fingerprint density at radius 3 is 2.29 bits per heavy atom. The summed E-state index contributed by atoms with van der Waals surface area (Å²) in [7, 11) is 0. The SMILES string of the molecule is CCC(C=C(C)C)=Cc1ccccc1. The van der Waals surface area contributed by atoms with E-state index in [2.05, 4.69) is 57.2 Å². The molecular weight excluding hydrogens is 168 g/mol. The maximum Gasteiger partial charge on any atom is -0.0254 e. The summed E-state index contributed by atoms with van der Waals surface area (Å²) in [5.41, 5.74) is 4.02. The molecule has 0 aliphatic heterocycles. The van der Waals surface area contributed by atoms with Crippen molar-refractivity contribution in [1.29, 1.82) is 0 Å². The summed E-state index contributed by atoms with van der Waals surface area (Å²) in [5.74, 6) is 0. The molecule has 0 aromatic heterocycles. The van der Waals surface area contributed by atoms with Crippen LogP contribution in [0.15, 0.2) is 47.6 Å². The first-order chi connectivity index (χ1) is 6.72. The molecule has 1 aromatic carbocycles. The average Bonchev–Trinajstić information content (AvgIpc) is 2.17. The Morgan fingerprint density at radius 1 is 1.14 bits per heavy atom. The third-order valence-corrected chi connectivity index (χ3v) is 2.03. The van der Waals surface area contributed by atoms with Gasteiger partial charge < -0.3 is 0 Å². The van der Waals surface area contributed by atoms with Gasteiger partial charge in [-0.1, -0.05) is 55.0 Å². The van der Waals surface area contributed by atoms with Crippen molar-refractivity contribution in [2.75, 3.05) is 0 Å². The van der Waals surface area contributed by atoms with Crippen molar-refractivity contribution in [1.82, 2.24) is 0 Å². The van der Waals surface area contributed by atoms with E-state index in [1.54, 1.807) is 0 Å². The first-order valence-electron chi connectivity index (χ1n) is 5.13. The molecule has 0 atom stereocenters. The van der Waals surface area contributed by atoms with Gasteiger partial charge in [-0.05, 0) is 31.4 Å². The Morgan fingerprint density at radius 2 is 1.79 bits per heavy atom. The van der Waals surface area contributed by atoms with E-state index in [1.807, 2.05) is 6.07 Å². The van der Waals surface area contributed by atoms with Crippen LogP contribution in [0.1, 0.15) is 32.8 Å². The first-order valence-corrected chi connectivity index (χ1v) is 5.13. The van der Waals surface area contributed by atoms with Crippen LogP contribution in [0.2, 0.25) is 0 Å².